The van der Waals surface area contributed by atoms with Crippen LogP contribution in [0.4, 0.5) is 0 Å². The molecule has 2 N–H and O–H groups in total. The predicted octanol–water partition coefficient (Wildman–Crippen LogP) is 2.71. The molecule has 1 atom stereocenters. The fourth-order valence-electron chi connectivity index (χ4n) is 3.56. The van der Waals surface area contributed by atoms with Crippen molar-refractivity contribution in [2.24, 2.45) is 0 Å². The van der Waals surface area contributed by atoms with Crippen LogP contribution in [0.3, 0.4) is 0 Å². The second-order valence-electron chi connectivity index (χ2n) is 6.21. The van der Waals surface area contributed by atoms with Crippen LogP contribution < -0.4 is 5.32 Å². The SMILES string of the molecule is C#CCNC(CC)(CC)[C@H]1CCC(=O)N1CCSc1nc(C(=O)O)cs1. The molecule has 1 saturated heterocycles. The highest BCUT2D eigenvalue weighted by Crippen LogP contribution is 2.33. The van der Waals surface area contributed by atoms with Gasteiger partial charge in [-0.2, -0.15) is 0 Å². The van der Waals surface area contributed by atoms with E-state index in [1.54, 1.807) is 0 Å². The Balaban J connectivity index is 2.01. The van der Waals surface area contributed by atoms with Crippen molar-refractivity contribution in [1.29, 1.82) is 0 Å². The third-order valence-corrected chi connectivity index (χ3v) is 7.03. The summed E-state index contributed by atoms with van der Waals surface area (Å²) in [6.45, 7) is 5.37. The number of nitrogens with one attached hydrogen (secondary N) is 1. The number of carbonyl (C=O) groups is 2. The van der Waals surface area contributed by atoms with Gasteiger partial charge in [0, 0.05) is 29.6 Å². The molecule has 0 radical (unpaired) electrons. The minimum atomic E-state index is -1.02. The molecule has 2 rings (SSSR count). The van der Waals surface area contributed by atoms with Crippen LogP contribution in [0.5, 0.6) is 0 Å². The summed E-state index contributed by atoms with van der Waals surface area (Å²) in [5.41, 5.74) is -0.0944. The van der Waals surface area contributed by atoms with Gasteiger partial charge in [-0.25, -0.2) is 9.78 Å². The summed E-state index contributed by atoms with van der Waals surface area (Å²) in [4.78, 5) is 29.4. The van der Waals surface area contributed by atoms with Gasteiger partial charge in [0.2, 0.25) is 5.91 Å². The van der Waals surface area contributed by atoms with E-state index in [0.717, 1.165) is 19.3 Å². The largest absolute Gasteiger partial charge is 0.476 e. The number of terminal acetylenes is 1. The summed E-state index contributed by atoms with van der Waals surface area (Å²) in [5, 5.41) is 14.0. The predicted molar refractivity (Wildman–Crippen MR) is 105 cm³/mol. The molecule has 0 spiro atoms. The van der Waals surface area contributed by atoms with Crippen LogP contribution in [0.2, 0.25) is 0 Å². The quantitative estimate of drug-likeness (QED) is 0.468. The lowest BCUT2D eigenvalue weighted by atomic mass is 9.83. The molecule has 1 fully saturated rings. The smallest absolute Gasteiger partial charge is 0.355 e. The number of thioether (sulfide) groups is 1. The van der Waals surface area contributed by atoms with Crippen LogP contribution in [-0.2, 0) is 4.79 Å². The minimum absolute atomic E-state index is 0.0714. The van der Waals surface area contributed by atoms with Gasteiger partial charge in [0.05, 0.1) is 12.6 Å². The van der Waals surface area contributed by atoms with E-state index in [0.29, 0.717) is 29.6 Å². The molecule has 1 aromatic rings. The fourth-order valence-corrected chi connectivity index (χ4v) is 5.37. The zero-order chi connectivity index (χ0) is 19.2. The molecule has 0 unspecified atom stereocenters. The standard InChI is InChI=1S/C18H25N3O3S2/c1-4-9-19-18(5-2,6-3)14-7-8-15(22)21(14)10-11-25-17-20-13(12-26-17)16(23)24/h1,12,14,19H,5-11H2,2-3H3,(H,23,24)/t14-/m1/s1. The Labute approximate surface area is 162 Å². The van der Waals surface area contributed by atoms with E-state index in [9.17, 15) is 9.59 Å². The number of amides is 1. The Morgan fingerprint density at radius 1 is 1.58 bits per heavy atom. The first-order valence-electron chi connectivity index (χ1n) is 8.77. The fraction of sp³-hybridized carbons (Fsp3) is 0.611. The number of nitrogens with zero attached hydrogens (tertiary/aromatic N) is 2. The molecule has 0 saturated carbocycles. The molecule has 8 heteroatoms. The van der Waals surface area contributed by atoms with E-state index in [4.69, 9.17) is 11.5 Å². The van der Waals surface area contributed by atoms with Crippen molar-refractivity contribution in [1.82, 2.24) is 15.2 Å². The Morgan fingerprint density at radius 2 is 2.31 bits per heavy atom. The van der Waals surface area contributed by atoms with Gasteiger partial charge in [-0.05, 0) is 19.3 Å². The molecule has 0 bridgehead atoms. The summed E-state index contributed by atoms with van der Waals surface area (Å²) in [6.07, 6.45) is 8.64. The number of thiazole rings is 1. The van der Waals surface area contributed by atoms with Crippen molar-refractivity contribution >= 4 is 35.0 Å². The van der Waals surface area contributed by atoms with Crippen LogP contribution in [0.1, 0.15) is 50.0 Å². The van der Waals surface area contributed by atoms with E-state index in [2.05, 4.69) is 30.1 Å². The molecular formula is C18H25N3O3S2. The van der Waals surface area contributed by atoms with Gasteiger partial charge in [-0.1, -0.05) is 31.5 Å². The zero-order valence-electron chi connectivity index (χ0n) is 15.2. The number of rotatable bonds is 10. The lowest BCUT2D eigenvalue weighted by molar-refractivity contribution is -0.129. The maximum Gasteiger partial charge on any atom is 0.355 e. The van der Waals surface area contributed by atoms with Crippen molar-refractivity contribution < 1.29 is 14.7 Å². The number of aromatic carboxylic acids is 1. The first kappa shape index (κ1) is 20.7. The maximum absolute atomic E-state index is 12.4. The number of carboxylic acid groups (broad SMARTS) is 1. The second-order valence-corrected chi connectivity index (χ2v) is 8.41. The highest BCUT2D eigenvalue weighted by atomic mass is 32.2. The highest BCUT2D eigenvalue weighted by molar-refractivity contribution is 8.01. The number of carboxylic acids is 1. The maximum atomic E-state index is 12.4. The van der Waals surface area contributed by atoms with Gasteiger partial charge in [-0.3, -0.25) is 10.1 Å². The van der Waals surface area contributed by atoms with Gasteiger partial charge >= 0.3 is 5.97 Å². The van der Waals surface area contributed by atoms with Crippen molar-refractivity contribution in [3.8, 4) is 12.3 Å². The molecule has 1 amide bonds. The Morgan fingerprint density at radius 3 is 2.88 bits per heavy atom. The average Bonchev–Trinajstić information content (AvgIpc) is 3.25. The highest BCUT2D eigenvalue weighted by Gasteiger charge is 2.44. The van der Waals surface area contributed by atoms with E-state index < -0.39 is 5.97 Å². The van der Waals surface area contributed by atoms with Crippen LogP contribution in [0, 0.1) is 12.3 Å². The van der Waals surface area contributed by atoms with Gasteiger partial charge in [0.25, 0.3) is 0 Å². The van der Waals surface area contributed by atoms with Crippen molar-refractivity contribution in [2.45, 2.75) is 55.5 Å². The van der Waals surface area contributed by atoms with E-state index >= 15 is 0 Å². The van der Waals surface area contributed by atoms with E-state index in [1.165, 1.54) is 28.5 Å². The lowest BCUT2D eigenvalue weighted by Gasteiger charge is -2.43. The van der Waals surface area contributed by atoms with Crippen molar-refractivity contribution in [3.63, 3.8) is 0 Å². The summed E-state index contributed by atoms with van der Waals surface area (Å²) < 4.78 is 0.716. The molecule has 1 aliphatic heterocycles. The molecule has 2 heterocycles. The third kappa shape index (κ3) is 4.58. The number of carbonyl (C=O) groups excluding carboxylic acids is 1. The summed E-state index contributed by atoms with van der Waals surface area (Å²) in [5.74, 6) is 2.49. The van der Waals surface area contributed by atoms with Crippen LogP contribution in [-0.4, -0.2) is 57.3 Å². The molecule has 6 nitrogen and oxygen atoms in total. The summed E-state index contributed by atoms with van der Waals surface area (Å²) in [6, 6.07) is 0.129. The molecular weight excluding hydrogens is 370 g/mol. The van der Waals surface area contributed by atoms with Crippen LogP contribution in [0.25, 0.3) is 0 Å². The molecule has 0 aromatic carbocycles. The topological polar surface area (TPSA) is 82.5 Å². The Kier molecular flexibility index (Phi) is 7.50. The van der Waals surface area contributed by atoms with E-state index in [-0.39, 0.29) is 23.2 Å². The van der Waals surface area contributed by atoms with Gasteiger partial charge < -0.3 is 10.0 Å². The van der Waals surface area contributed by atoms with Gasteiger partial charge in [0.15, 0.2) is 10.0 Å². The van der Waals surface area contributed by atoms with Gasteiger partial charge in [-0.15, -0.1) is 17.8 Å². The van der Waals surface area contributed by atoms with Crippen molar-refractivity contribution in [2.75, 3.05) is 18.8 Å². The molecule has 142 valence electrons. The Hall–Kier alpha value is -1.56. The summed E-state index contributed by atoms with van der Waals surface area (Å²) in [7, 11) is 0. The van der Waals surface area contributed by atoms with Crippen molar-refractivity contribution in [3.05, 3.63) is 11.1 Å². The van der Waals surface area contributed by atoms with Crippen LogP contribution in [0.15, 0.2) is 9.72 Å². The first-order chi connectivity index (χ1) is 12.5. The zero-order valence-corrected chi connectivity index (χ0v) is 16.8. The first-order valence-corrected chi connectivity index (χ1v) is 10.6. The second kappa shape index (κ2) is 9.40. The average molecular weight is 396 g/mol. The number of hydrogen-bond donors (Lipinski definition) is 2. The summed E-state index contributed by atoms with van der Waals surface area (Å²) >= 11 is 2.81. The third-order valence-electron chi connectivity index (χ3n) is 5.03. The molecule has 1 aliphatic rings. The number of likely N-dealkylation sites (tertiary alicyclic amines) is 1. The Bertz CT molecular complexity index is 679. The van der Waals surface area contributed by atoms with Gasteiger partial charge in [0.1, 0.15) is 0 Å². The van der Waals surface area contributed by atoms with E-state index in [1.807, 2.05) is 4.90 Å². The minimum Gasteiger partial charge on any atom is -0.476 e. The molecule has 26 heavy (non-hydrogen) atoms. The number of aromatic nitrogens is 1. The normalized spacial score (nSPS) is 17.5. The van der Waals surface area contributed by atoms with Crippen LogP contribution >= 0.6 is 23.1 Å². The number of hydrogen-bond acceptors (Lipinski definition) is 6. The monoisotopic (exact) mass is 395 g/mol. The molecule has 0 aliphatic carbocycles. The lowest BCUT2D eigenvalue weighted by Crippen LogP contribution is -2.59. The molecule has 1 aromatic heterocycles.